The normalized spacial score (nSPS) is 16.3. The molecule has 0 radical (unpaired) electrons. The number of hydrogen-bond acceptors (Lipinski definition) is 3. The number of fused-ring (bicyclic) bond motifs is 4. The summed E-state index contributed by atoms with van der Waals surface area (Å²) in [5.74, 6) is -0.0495. The largest absolute Gasteiger partial charge is 0.358 e. The van der Waals surface area contributed by atoms with E-state index in [0.29, 0.717) is 5.56 Å². The minimum absolute atomic E-state index is 0.0495. The number of nitrogens with one attached hydrogen (secondary N) is 2. The van der Waals surface area contributed by atoms with Crippen molar-refractivity contribution < 1.29 is 4.79 Å². The lowest BCUT2D eigenvalue weighted by Crippen LogP contribution is -2.38. The Morgan fingerprint density at radius 3 is 2.71 bits per heavy atom. The zero-order valence-corrected chi connectivity index (χ0v) is 16.0. The predicted octanol–water partition coefficient (Wildman–Crippen LogP) is 4.02. The van der Waals surface area contributed by atoms with E-state index in [1.807, 2.05) is 32.0 Å². The number of amides is 1. The van der Waals surface area contributed by atoms with Gasteiger partial charge in [0, 0.05) is 34.6 Å². The third-order valence-electron chi connectivity index (χ3n) is 5.77. The van der Waals surface area contributed by atoms with E-state index in [1.165, 1.54) is 22.2 Å². The number of rotatable bonds is 2. The fourth-order valence-corrected chi connectivity index (χ4v) is 4.15. The van der Waals surface area contributed by atoms with E-state index in [2.05, 4.69) is 44.5 Å². The predicted molar refractivity (Wildman–Crippen MR) is 111 cm³/mol. The molecule has 140 valence electrons. The summed E-state index contributed by atoms with van der Waals surface area (Å²) >= 11 is 0. The molecular weight excluding hydrogens is 348 g/mol. The van der Waals surface area contributed by atoms with Gasteiger partial charge in [0.25, 0.3) is 5.91 Å². The van der Waals surface area contributed by atoms with Gasteiger partial charge < -0.3 is 10.3 Å². The molecule has 2 N–H and O–H groups in total. The van der Waals surface area contributed by atoms with Gasteiger partial charge in [-0.05, 0) is 56.5 Å². The maximum absolute atomic E-state index is 12.8. The number of carbonyl (C=O) groups is 1. The number of benzene rings is 2. The minimum Gasteiger partial charge on any atom is -0.358 e. The summed E-state index contributed by atoms with van der Waals surface area (Å²) in [5.41, 5.74) is 7.84. The standard InChI is InChI=1S/C23H22N4O/c1-13-14(2)25-22-11-15(7-10-20(22)24-13)23(28)26-16-8-9-18-17-5-3-4-6-19(17)27-21(18)12-16/h3-7,10-11,16,27H,8-9,12H2,1-2H3,(H,26,28). The molecule has 2 aromatic carbocycles. The number of para-hydroxylation sites is 1. The van der Waals surface area contributed by atoms with Crippen LogP contribution >= 0.6 is 0 Å². The minimum atomic E-state index is -0.0495. The van der Waals surface area contributed by atoms with Crippen LogP contribution in [-0.4, -0.2) is 26.9 Å². The van der Waals surface area contributed by atoms with Gasteiger partial charge in [0.15, 0.2) is 0 Å². The van der Waals surface area contributed by atoms with E-state index in [-0.39, 0.29) is 11.9 Å². The van der Waals surface area contributed by atoms with Crippen LogP contribution in [0.4, 0.5) is 0 Å². The topological polar surface area (TPSA) is 70.7 Å². The Bertz CT molecular complexity index is 1220. The van der Waals surface area contributed by atoms with Gasteiger partial charge in [0.2, 0.25) is 0 Å². The van der Waals surface area contributed by atoms with E-state index in [1.54, 1.807) is 0 Å². The average Bonchev–Trinajstić information content (AvgIpc) is 3.06. The molecule has 1 aliphatic rings. The fourth-order valence-electron chi connectivity index (χ4n) is 4.15. The van der Waals surface area contributed by atoms with Crippen LogP contribution in [0, 0.1) is 13.8 Å². The molecule has 1 amide bonds. The van der Waals surface area contributed by atoms with Gasteiger partial charge >= 0.3 is 0 Å². The number of aromatic nitrogens is 3. The summed E-state index contributed by atoms with van der Waals surface area (Å²) in [6.07, 6.45) is 2.76. The highest BCUT2D eigenvalue weighted by molar-refractivity contribution is 5.97. The molecule has 1 unspecified atom stereocenters. The number of aryl methyl sites for hydroxylation is 3. The van der Waals surface area contributed by atoms with Crippen molar-refractivity contribution in [3.63, 3.8) is 0 Å². The molecule has 5 heteroatoms. The van der Waals surface area contributed by atoms with Crippen molar-refractivity contribution in [3.05, 3.63) is 70.7 Å². The van der Waals surface area contributed by atoms with Gasteiger partial charge in [-0.3, -0.25) is 4.79 Å². The third kappa shape index (κ3) is 2.83. The van der Waals surface area contributed by atoms with Crippen LogP contribution in [0.15, 0.2) is 42.5 Å². The van der Waals surface area contributed by atoms with Gasteiger partial charge in [0.05, 0.1) is 22.4 Å². The molecule has 28 heavy (non-hydrogen) atoms. The lowest BCUT2D eigenvalue weighted by atomic mass is 9.91. The average molecular weight is 370 g/mol. The molecule has 0 saturated heterocycles. The van der Waals surface area contributed by atoms with Crippen LogP contribution in [-0.2, 0) is 12.8 Å². The van der Waals surface area contributed by atoms with Gasteiger partial charge in [-0.25, -0.2) is 9.97 Å². The first-order valence-corrected chi connectivity index (χ1v) is 9.73. The van der Waals surface area contributed by atoms with Crippen LogP contribution in [0.2, 0.25) is 0 Å². The summed E-state index contributed by atoms with van der Waals surface area (Å²) < 4.78 is 0. The van der Waals surface area contributed by atoms with E-state index < -0.39 is 0 Å². The lowest BCUT2D eigenvalue weighted by Gasteiger charge is -2.23. The van der Waals surface area contributed by atoms with E-state index in [9.17, 15) is 4.79 Å². The Balaban J connectivity index is 1.37. The van der Waals surface area contributed by atoms with Gasteiger partial charge in [-0.2, -0.15) is 0 Å². The Hall–Kier alpha value is -3.21. The van der Waals surface area contributed by atoms with Crippen LogP contribution in [0.1, 0.15) is 39.4 Å². The first-order valence-electron chi connectivity index (χ1n) is 9.73. The Morgan fingerprint density at radius 1 is 1.07 bits per heavy atom. The van der Waals surface area contributed by atoms with E-state index >= 15 is 0 Å². The Kier molecular flexibility index (Phi) is 3.90. The quantitative estimate of drug-likeness (QED) is 0.560. The Labute approximate surface area is 163 Å². The van der Waals surface area contributed by atoms with Crippen molar-refractivity contribution in [2.45, 2.75) is 39.2 Å². The second-order valence-corrected chi connectivity index (χ2v) is 7.64. The van der Waals surface area contributed by atoms with Crippen LogP contribution in [0.3, 0.4) is 0 Å². The zero-order chi connectivity index (χ0) is 19.3. The van der Waals surface area contributed by atoms with Crippen LogP contribution < -0.4 is 5.32 Å². The first-order chi connectivity index (χ1) is 13.6. The molecule has 0 bridgehead atoms. The molecule has 2 heterocycles. The second-order valence-electron chi connectivity index (χ2n) is 7.64. The van der Waals surface area contributed by atoms with Crippen molar-refractivity contribution in [3.8, 4) is 0 Å². The first kappa shape index (κ1) is 16.9. The third-order valence-corrected chi connectivity index (χ3v) is 5.77. The Morgan fingerprint density at radius 2 is 1.86 bits per heavy atom. The summed E-state index contributed by atoms with van der Waals surface area (Å²) in [5, 5.41) is 4.51. The van der Waals surface area contributed by atoms with Gasteiger partial charge in [0.1, 0.15) is 0 Å². The SMILES string of the molecule is Cc1nc2ccc(C(=O)NC3CCc4c([nH]c5ccccc45)C3)cc2nc1C. The van der Waals surface area contributed by atoms with Crippen molar-refractivity contribution >= 4 is 27.8 Å². The number of carbonyl (C=O) groups excluding carboxylic acids is 1. The fraction of sp³-hybridized carbons (Fsp3) is 0.261. The maximum Gasteiger partial charge on any atom is 0.251 e. The lowest BCUT2D eigenvalue weighted by molar-refractivity contribution is 0.0933. The number of aromatic amines is 1. The highest BCUT2D eigenvalue weighted by Crippen LogP contribution is 2.29. The molecule has 0 spiro atoms. The monoisotopic (exact) mass is 370 g/mol. The van der Waals surface area contributed by atoms with Crippen LogP contribution in [0.25, 0.3) is 21.9 Å². The summed E-state index contributed by atoms with van der Waals surface area (Å²) in [6.45, 7) is 3.89. The van der Waals surface area contributed by atoms with Crippen molar-refractivity contribution in [1.82, 2.24) is 20.3 Å². The molecule has 0 saturated carbocycles. The molecule has 2 aromatic heterocycles. The number of hydrogen-bond donors (Lipinski definition) is 2. The summed E-state index contributed by atoms with van der Waals surface area (Å²) in [4.78, 5) is 25.5. The van der Waals surface area contributed by atoms with Crippen molar-refractivity contribution in [2.75, 3.05) is 0 Å². The molecule has 1 aliphatic carbocycles. The summed E-state index contributed by atoms with van der Waals surface area (Å²) in [6, 6.07) is 14.1. The van der Waals surface area contributed by atoms with Crippen LogP contribution in [0.5, 0.6) is 0 Å². The molecular formula is C23H22N4O. The van der Waals surface area contributed by atoms with Crippen molar-refractivity contribution in [2.24, 2.45) is 0 Å². The highest BCUT2D eigenvalue weighted by Gasteiger charge is 2.24. The highest BCUT2D eigenvalue weighted by atomic mass is 16.1. The van der Waals surface area contributed by atoms with Crippen molar-refractivity contribution in [1.29, 1.82) is 0 Å². The molecule has 0 aliphatic heterocycles. The van der Waals surface area contributed by atoms with Gasteiger partial charge in [-0.15, -0.1) is 0 Å². The second kappa shape index (κ2) is 6.44. The van der Waals surface area contributed by atoms with E-state index in [4.69, 9.17) is 0 Å². The molecule has 5 nitrogen and oxygen atoms in total. The molecule has 1 atom stereocenters. The van der Waals surface area contributed by atoms with E-state index in [0.717, 1.165) is 41.7 Å². The smallest absolute Gasteiger partial charge is 0.251 e. The number of H-pyrrole nitrogens is 1. The summed E-state index contributed by atoms with van der Waals surface area (Å²) in [7, 11) is 0. The van der Waals surface area contributed by atoms with Gasteiger partial charge in [-0.1, -0.05) is 18.2 Å². The molecule has 0 fully saturated rings. The zero-order valence-electron chi connectivity index (χ0n) is 16.0. The molecule has 5 rings (SSSR count). The molecule has 4 aromatic rings. The maximum atomic E-state index is 12.8. The number of nitrogens with zero attached hydrogens (tertiary/aromatic N) is 2.